The fourth-order valence-electron chi connectivity index (χ4n) is 3.09. The summed E-state index contributed by atoms with van der Waals surface area (Å²) in [7, 11) is 0. The molecule has 0 spiro atoms. The van der Waals surface area contributed by atoms with E-state index in [1.807, 2.05) is 18.0 Å². The molecular weight excluding hydrogens is 330 g/mol. The van der Waals surface area contributed by atoms with E-state index in [2.05, 4.69) is 17.3 Å². The van der Waals surface area contributed by atoms with Gasteiger partial charge in [0.1, 0.15) is 4.34 Å². The first-order valence-electron chi connectivity index (χ1n) is 10.5. The smallest absolute Gasteiger partial charge is 0.149 e. The standard InChI is InChI=1S/C21H39NS2/c1-2-3-4-5-6-7-8-9-10-11-12-13-14-15-16-17-19-23-21-22-18-20-24-21/h18,20H,2-17,19H2,1H3. The van der Waals surface area contributed by atoms with Crippen molar-refractivity contribution in [2.45, 2.75) is 114 Å². The average Bonchev–Trinajstić information content (AvgIpc) is 3.11. The number of aromatic nitrogens is 1. The Morgan fingerprint density at radius 1 is 0.708 bits per heavy atom. The number of hydrogen-bond acceptors (Lipinski definition) is 3. The summed E-state index contributed by atoms with van der Waals surface area (Å²) >= 11 is 3.68. The Balaban J connectivity index is 1.66. The van der Waals surface area contributed by atoms with Crippen LogP contribution in [-0.4, -0.2) is 10.7 Å². The molecule has 0 saturated carbocycles. The number of thioether (sulfide) groups is 1. The summed E-state index contributed by atoms with van der Waals surface area (Å²) < 4.78 is 1.23. The molecule has 0 aromatic carbocycles. The Morgan fingerprint density at radius 2 is 1.17 bits per heavy atom. The van der Waals surface area contributed by atoms with Gasteiger partial charge in [-0.3, -0.25) is 0 Å². The largest absolute Gasteiger partial charge is 0.238 e. The van der Waals surface area contributed by atoms with Gasteiger partial charge in [0.15, 0.2) is 0 Å². The molecule has 3 heteroatoms. The Kier molecular flexibility index (Phi) is 16.3. The molecule has 140 valence electrons. The van der Waals surface area contributed by atoms with E-state index in [0.29, 0.717) is 0 Å². The number of unbranched alkanes of at least 4 members (excludes halogenated alkanes) is 15. The van der Waals surface area contributed by atoms with Gasteiger partial charge in [-0.05, 0) is 6.42 Å². The molecule has 0 N–H and O–H groups in total. The highest BCUT2D eigenvalue weighted by Gasteiger charge is 1.97. The summed E-state index contributed by atoms with van der Waals surface area (Å²) in [6, 6.07) is 0. The van der Waals surface area contributed by atoms with Crippen LogP contribution in [0.1, 0.15) is 110 Å². The lowest BCUT2D eigenvalue weighted by molar-refractivity contribution is 0.531. The average molecular weight is 370 g/mol. The highest BCUT2D eigenvalue weighted by Crippen LogP contribution is 2.22. The van der Waals surface area contributed by atoms with Crippen molar-refractivity contribution < 1.29 is 0 Å². The summed E-state index contributed by atoms with van der Waals surface area (Å²) in [5.41, 5.74) is 0. The van der Waals surface area contributed by atoms with Crippen molar-refractivity contribution in [2.75, 3.05) is 5.75 Å². The second-order valence-corrected chi connectivity index (χ2v) is 9.19. The van der Waals surface area contributed by atoms with E-state index in [1.54, 1.807) is 11.3 Å². The molecule has 0 saturated heterocycles. The third kappa shape index (κ3) is 14.3. The minimum absolute atomic E-state index is 1.23. The van der Waals surface area contributed by atoms with Crippen LogP contribution in [0.5, 0.6) is 0 Å². The SMILES string of the molecule is CCCCCCCCCCCCCCCCCCSc1nccs1. The Labute approximate surface area is 159 Å². The van der Waals surface area contributed by atoms with Crippen molar-refractivity contribution in [3.8, 4) is 0 Å². The van der Waals surface area contributed by atoms with E-state index in [1.165, 1.54) is 113 Å². The lowest BCUT2D eigenvalue weighted by Gasteiger charge is -2.03. The molecule has 0 fully saturated rings. The zero-order valence-corrected chi connectivity index (χ0v) is 17.6. The van der Waals surface area contributed by atoms with Gasteiger partial charge in [0, 0.05) is 17.3 Å². The summed E-state index contributed by atoms with van der Waals surface area (Å²) in [6.07, 6.45) is 25.0. The normalized spacial score (nSPS) is 11.2. The highest BCUT2D eigenvalue weighted by molar-refractivity contribution is 8.00. The quantitative estimate of drug-likeness (QED) is 0.190. The minimum Gasteiger partial charge on any atom is -0.238 e. The third-order valence-corrected chi connectivity index (χ3v) is 6.69. The molecule has 1 nitrogen and oxygen atoms in total. The van der Waals surface area contributed by atoms with Crippen LogP contribution in [0.25, 0.3) is 0 Å². The molecule has 1 aromatic heterocycles. The number of nitrogens with zero attached hydrogens (tertiary/aromatic N) is 1. The van der Waals surface area contributed by atoms with E-state index in [4.69, 9.17) is 0 Å². The molecule has 1 aromatic rings. The van der Waals surface area contributed by atoms with Gasteiger partial charge in [-0.2, -0.15) is 0 Å². The van der Waals surface area contributed by atoms with Gasteiger partial charge in [0.2, 0.25) is 0 Å². The van der Waals surface area contributed by atoms with Crippen LogP contribution < -0.4 is 0 Å². The van der Waals surface area contributed by atoms with Gasteiger partial charge in [-0.15, -0.1) is 11.3 Å². The van der Waals surface area contributed by atoms with Crippen LogP contribution in [0, 0.1) is 0 Å². The third-order valence-electron chi connectivity index (χ3n) is 4.63. The monoisotopic (exact) mass is 369 g/mol. The molecule has 0 aliphatic carbocycles. The predicted molar refractivity (Wildman–Crippen MR) is 112 cm³/mol. The van der Waals surface area contributed by atoms with E-state index < -0.39 is 0 Å². The van der Waals surface area contributed by atoms with Gasteiger partial charge in [-0.1, -0.05) is 115 Å². The summed E-state index contributed by atoms with van der Waals surface area (Å²) in [4.78, 5) is 4.31. The predicted octanol–water partition coefficient (Wildman–Crippen LogP) is 8.50. The van der Waals surface area contributed by atoms with Gasteiger partial charge in [0.05, 0.1) is 0 Å². The minimum atomic E-state index is 1.23. The maximum Gasteiger partial charge on any atom is 0.149 e. The highest BCUT2D eigenvalue weighted by atomic mass is 32.2. The first kappa shape index (κ1) is 22.0. The zero-order valence-electron chi connectivity index (χ0n) is 15.9. The second-order valence-electron chi connectivity index (χ2n) is 6.95. The molecule has 0 bridgehead atoms. The van der Waals surface area contributed by atoms with E-state index >= 15 is 0 Å². The topological polar surface area (TPSA) is 12.9 Å². The fourth-order valence-corrected chi connectivity index (χ4v) is 4.80. The van der Waals surface area contributed by atoms with E-state index in [-0.39, 0.29) is 0 Å². The molecule has 0 unspecified atom stereocenters. The second kappa shape index (κ2) is 17.8. The maximum atomic E-state index is 4.31. The first-order valence-corrected chi connectivity index (χ1v) is 12.3. The molecule has 0 aliphatic heterocycles. The van der Waals surface area contributed by atoms with Crippen molar-refractivity contribution in [2.24, 2.45) is 0 Å². The van der Waals surface area contributed by atoms with Crippen LogP contribution in [-0.2, 0) is 0 Å². The Hall–Kier alpha value is -0.0200. The van der Waals surface area contributed by atoms with Crippen molar-refractivity contribution in [1.29, 1.82) is 0 Å². The van der Waals surface area contributed by atoms with E-state index in [9.17, 15) is 0 Å². The fraction of sp³-hybridized carbons (Fsp3) is 0.857. The lowest BCUT2D eigenvalue weighted by Crippen LogP contribution is -1.84. The van der Waals surface area contributed by atoms with Crippen LogP contribution in [0.4, 0.5) is 0 Å². The molecule has 1 heterocycles. The van der Waals surface area contributed by atoms with E-state index in [0.717, 1.165) is 0 Å². The van der Waals surface area contributed by atoms with Crippen molar-refractivity contribution >= 4 is 23.1 Å². The number of rotatable bonds is 18. The molecule has 0 radical (unpaired) electrons. The van der Waals surface area contributed by atoms with Crippen LogP contribution in [0.3, 0.4) is 0 Å². The zero-order chi connectivity index (χ0) is 17.1. The summed E-state index contributed by atoms with van der Waals surface area (Å²) in [5, 5.41) is 2.07. The molecule has 0 aliphatic rings. The summed E-state index contributed by atoms with van der Waals surface area (Å²) in [6.45, 7) is 2.29. The first-order chi connectivity index (χ1) is 11.9. The van der Waals surface area contributed by atoms with Crippen molar-refractivity contribution in [3.05, 3.63) is 11.6 Å². The molecule has 0 amide bonds. The van der Waals surface area contributed by atoms with Crippen molar-refractivity contribution in [1.82, 2.24) is 4.98 Å². The molecule has 1 rings (SSSR count). The van der Waals surface area contributed by atoms with Gasteiger partial charge < -0.3 is 0 Å². The lowest BCUT2D eigenvalue weighted by atomic mass is 10.0. The number of thiazole rings is 1. The van der Waals surface area contributed by atoms with Gasteiger partial charge >= 0.3 is 0 Å². The van der Waals surface area contributed by atoms with Crippen LogP contribution in [0.15, 0.2) is 15.9 Å². The Bertz CT molecular complexity index is 338. The molecule has 0 atom stereocenters. The Morgan fingerprint density at radius 3 is 1.58 bits per heavy atom. The summed E-state index contributed by atoms with van der Waals surface area (Å²) in [5.74, 6) is 1.24. The van der Waals surface area contributed by atoms with Crippen molar-refractivity contribution in [3.63, 3.8) is 0 Å². The molecule has 24 heavy (non-hydrogen) atoms. The van der Waals surface area contributed by atoms with Crippen LogP contribution in [0.2, 0.25) is 0 Å². The molecular formula is C21H39NS2. The van der Waals surface area contributed by atoms with Gasteiger partial charge in [0.25, 0.3) is 0 Å². The maximum absolute atomic E-state index is 4.31. The van der Waals surface area contributed by atoms with Gasteiger partial charge in [-0.25, -0.2) is 4.98 Å². The van der Waals surface area contributed by atoms with Crippen LogP contribution >= 0.6 is 23.1 Å². The number of hydrogen-bond donors (Lipinski definition) is 0.